The molecule has 0 bridgehead atoms. The van der Waals surface area contributed by atoms with Crippen LogP contribution in [0.1, 0.15) is 41.4 Å². The van der Waals surface area contributed by atoms with Crippen molar-refractivity contribution in [2.24, 2.45) is 0 Å². The minimum atomic E-state index is -1.93. The highest BCUT2D eigenvalue weighted by molar-refractivity contribution is 5.92. The van der Waals surface area contributed by atoms with Crippen molar-refractivity contribution in [1.29, 1.82) is 0 Å². The maximum atomic E-state index is 13.3. The van der Waals surface area contributed by atoms with Crippen LogP contribution in [0.2, 0.25) is 0 Å². The first-order chi connectivity index (χ1) is 21.3. The summed E-state index contributed by atoms with van der Waals surface area (Å²) < 4.78 is 22.7. The monoisotopic (exact) mass is 596 g/mol. The molecular weight excluding hydrogens is 568 g/mol. The van der Waals surface area contributed by atoms with Gasteiger partial charge in [0.05, 0.1) is 22.3 Å². The topological polar surface area (TPSA) is 146 Å². The Morgan fingerprint density at radius 3 is 0.795 bits per heavy atom. The summed E-state index contributed by atoms with van der Waals surface area (Å²) in [6, 6.07) is 31.3. The molecule has 4 aromatic rings. The highest BCUT2D eigenvalue weighted by atomic mass is 16.6. The molecule has 0 spiro atoms. The number of aliphatic hydroxyl groups is 2. The number of hydrogen-bond acceptors (Lipinski definition) is 10. The summed E-state index contributed by atoms with van der Waals surface area (Å²) in [5.74, 6) is -3.63. The Morgan fingerprint density at radius 1 is 0.364 bits per heavy atom. The van der Waals surface area contributed by atoms with Crippen molar-refractivity contribution in [2.75, 3.05) is 0 Å². The van der Waals surface area contributed by atoms with E-state index in [2.05, 4.69) is 0 Å². The molecule has 4 aromatic carbocycles. The van der Waals surface area contributed by atoms with Crippen LogP contribution in [-0.2, 0) is 18.9 Å². The molecule has 44 heavy (non-hydrogen) atoms. The minimum absolute atomic E-state index is 0.104. The molecule has 5 rings (SSSR count). The second-order valence-corrected chi connectivity index (χ2v) is 9.92. The number of hydrogen-bond donors (Lipinski definition) is 2. The van der Waals surface area contributed by atoms with Gasteiger partial charge in [-0.2, -0.15) is 0 Å². The van der Waals surface area contributed by atoms with Crippen molar-refractivity contribution < 1.29 is 48.3 Å². The molecule has 1 saturated carbocycles. The number of benzene rings is 4. The Labute approximate surface area is 252 Å². The fourth-order valence-corrected chi connectivity index (χ4v) is 4.76. The van der Waals surface area contributed by atoms with Crippen LogP contribution >= 0.6 is 0 Å². The van der Waals surface area contributed by atoms with E-state index >= 15 is 0 Å². The van der Waals surface area contributed by atoms with Gasteiger partial charge < -0.3 is 29.2 Å². The summed E-state index contributed by atoms with van der Waals surface area (Å²) in [6.07, 6.45) is -10.8. The summed E-state index contributed by atoms with van der Waals surface area (Å²) in [7, 11) is 0. The number of rotatable bonds is 8. The highest BCUT2D eigenvalue weighted by Gasteiger charge is 2.57. The van der Waals surface area contributed by atoms with E-state index < -0.39 is 60.5 Å². The Balaban J connectivity index is 1.55. The molecule has 224 valence electrons. The zero-order valence-electron chi connectivity index (χ0n) is 23.2. The van der Waals surface area contributed by atoms with E-state index in [-0.39, 0.29) is 22.3 Å². The van der Waals surface area contributed by atoms with Crippen molar-refractivity contribution in [2.45, 2.75) is 36.6 Å². The van der Waals surface area contributed by atoms with Crippen molar-refractivity contribution in [3.63, 3.8) is 0 Å². The molecule has 0 heterocycles. The second kappa shape index (κ2) is 13.8. The van der Waals surface area contributed by atoms with Crippen LogP contribution in [0.3, 0.4) is 0 Å². The van der Waals surface area contributed by atoms with E-state index in [1.165, 1.54) is 48.5 Å². The molecule has 0 amide bonds. The molecule has 6 atom stereocenters. The lowest BCUT2D eigenvalue weighted by Gasteiger charge is -2.45. The van der Waals surface area contributed by atoms with Crippen molar-refractivity contribution in [1.82, 2.24) is 0 Å². The van der Waals surface area contributed by atoms with E-state index in [9.17, 15) is 29.4 Å². The Bertz CT molecular complexity index is 1460. The molecule has 2 N–H and O–H groups in total. The maximum absolute atomic E-state index is 13.3. The van der Waals surface area contributed by atoms with Gasteiger partial charge in [0.15, 0.2) is 24.4 Å². The number of ether oxygens (including phenoxy) is 4. The number of esters is 4. The fraction of sp³-hybridized carbons (Fsp3) is 0.176. The maximum Gasteiger partial charge on any atom is 0.338 e. The first kappa shape index (κ1) is 30.1. The predicted octanol–water partition coefficient (Wildman–Crippen LogP) is 3.62. The van der Waals surface area contributed by atoms with Gasteiger partial charge in [-0.25, -0.2) is 19.2 Å². The molecule has 0 saturated heterocycles. The average molecular weight is 597 g/mol. The van der Waals surface area contributed by atoms with Crippen LogP contribution in [-0.4, -0.2) is 70.7 Å². The van der Waals surface area contributed by atoms with E-state index in [0.29, 0.717) is 0 Å². The molecule has 10 heteroatoms. The standard InChI is InChI=1S/C34H28O10/c35-25-26(36)28(42-32(38)22-15-7-2-8-16-22)30(44-34(40)24-19-11-4-12-20-24)29(43-33(39)23-17-9-3-10-18-23)27(25)41-31(37)21-13-5-1-6-14-21/h1-20,25-30,35-36H/t25-,26+,27-,28-,29-,30+/m1/s1. The minimum Gasteiger partial charge on any atom is -0.452 e. The Morgan fingerprint density at radius 2 is 0.568 bits per heavy atom. The van der Waals surface area contributed by atoms with Crippen LogP contribution in [0.5, 0.6) is 0 Å². The molecule has 0 aliphatic heterocycles. The lowest BCUT2D eigenvalue weighted by molar-refractivity contribution is -0.223. The lowest BCUT2D eigenvalue weighted by atomic mass is 9.84. The number of aliphatic hydroxyl groups excluding tert-OH is 2. The SMILES string of the molecule is O=C(O[C@@H]1[C@H](OC(=O)c2ccccc2)[C@H](OC(=O)c2ccccc2)[C@H](O)[C@H](O)[C@H]1OC(=O)c1ccccc1)c1ccccc1. The summed E-state index contributed by atoms with van der Waals surface area (Å²) in [6.45, 7) is 0. The lowest BCUT2D eigenvalue weighted by Crippen LogP contribution is -2.67. The van der Waals surface area contributed by atoms with E-state index in [4.69, 9.17) is 18.9 Å². The van der Waals surface area contributed by atoms with Crippen LogP contribution in [0.4, 0.5) is 0 Å². The molecule has 1 aliphatic rings. The van der Waals surface area contributed by atoms with Crippen molar-refractivity contribution >= 4 is 23.9 Å². The third-order valence-electron chi connectivity index (χ3n) is 7.00. The van der Waals surface area contributed by atoms with Crippen LogP contribution in [0.25, 0.3) is 0 Å². The summed E-state index contributed by atoms with van der Waals surface area (Å²) in [4.78, 5) is 52.8. The van der Waals surface area contributed by atoms with Gasteiger partial charge in [-0.05, 0) is 48.5 Å². The molecule has 0 radical (unpaired) electrons. The first-order valence-electron chi connectivity index (χ1n) is 13.7. The third-order valence-corrected chi connectivity index (χ3v) is 7.00. The molecule has 0 aromatic heterocycles. The molecule has 1 fully saturated rings. The van der Waals surface area contributed by atoms with Crippen LogP contribution < -0.4 is 0 Å². The van der Waals surface area contributed by atoms with Gasteiger partial charge in [0.1, 0.15) is 12.2 Å². The molecule has 0 unspecified atom stereocenters. The Hall–Kier alpha value is -5.32. The highest BCUT2D eigenvalue weighted by Crippen LogP contribution is 2.33. The third kappa shape index (κ3) is 6.83. The van der Waals surface area contributed by atoms with Crippen molar-refractivity contribution in [3.05, 3.63) is 144 Å². The van der Waals surface area contributed by atoms with Gasteiger partial charge in [0.2, 0.25) is 0 Å². The van der Waals surface area contributed by atoms with Gasteiger partial charge in [0, 0.05) is 0 Å². The predicted molar refractivity (Wildman–Crippen MR) is 155 cm³/mol. The molecule has 1 aliphatic carbocycles. The van der Waals surface area contributed by atoms with Gasteiger partial charge in [-0.3, -0.25) is 0 Å². The normalized spacial score (nSPS) is 22.7. The van der Waals surface area contributed by atoms with Gasteiger partial charge in [0.25, 0.3) is 0 Å². The second-order valence-electron chi connectivity index (χ2n) is 9.92. The smallest absolute Gasteiger partial charge is 0.338 e. The fourth-order valence-electron chi connectivity index (χ4n) is 4.76. The van der Waals surface area contributed by atoms with Gasteiger partial charge >= 0.3 is 23.9 Å². The van der Waals surface area contributed by atoms with E-state index in [1.54, 1.807) is 72.8 Å². The number of carbonyl (C=O) groups is 4. The van der Waals surface area contributed by atoms with Gasteiger partial charge in [-0.1, -0.05) is 72.8 Å². The largest absolute Gasteiger partial charge is 0.452 e. The van der Waals surface area contributed by atoms with Crippen LogP contribution in [0, 0.1) is 0 Å². The first-order valence-corrected chi connectivity index (χ1v) is 13.7. The molecule has 10 nitrogen and oxygen atoms in total. The zero-order chi connectivity index (χ0) is 31.1. The summed E-state index contributed by atoms with van der Waals surface area (Å²) in [5, 5.41) is 22.5. The summed E-state index contributed by atoms with van der Waals surface area (Å²) in [5.41, 5.74) is 0.426. The van der Waals surface area contributed by atoms with E-state index in [0.717, 1.165) is 0 Å². The molecular formula is C34H28O10. The zero-order valence-corrected chi connectivity index (χ0v) is 23.2. The number of carbonyl (C=O) groups excluding carboxylic acids is 4. The quantitative estimate of drug-likeness (QED) is 0.228. The van der Waals surface area contributed by atoms with E-state index in [1.807, 2.05) is 0 Å². The van der Waals surface area contributed by atoms with Crippen molar-refractivity contribution in [3.8, 4) is 0 Å². The average Bonchev–Trinajstić information content (AvgIpc) is 3.08. The Kier molecular flexibility index (Phi) is 9.43. The van der Waals surface area contributed by atoms with Gasteiger partial charge in [-0.15, -0.1) is 0 Å². The summed E-state index contributed by atoms with van der Waals surface area (Å²) >= 11 is 0. The van der Waals surface area contributed by atoms with Crippen LogP contribution in [0.15, 0.2) is 121 Å².